The first-order valence-corrected chi connectivity index (χ1v) is 5.46. The highest BCUT2D eigenvalue weighted by Gasteiger charge is 2.30. The Bertz CT molecular complexity index is 371. The first-order valence-electron chi connectivity index (χ1n) is 5.05. The molecule has 4 nitrogen and oxygen atoms in total. The molecule has 0 atom stereocenters. The third-order valence-corrected chi connectivity index (χ3v) is 2.93. The first kappa shape index (κ1) is 12.7. The number of nitrogens with one attached hydrogen (secondary N) is 1. The molecule has 0 saturated carbocycles. The molecule has 0 saturated heterocycles. The lowest BCUT2D eigenvalue weighted by Gasteiger charge is -2.21. The van der Waals surface area contributed by atoms with E-state index in [1.54, 1.807) is 20.1 Å². The lowest BCUT2D eigenvalue weighted by atomic mass is 9.92. The van der Waals surface area contributed by atoms with Crippen molar-refractivity contribution in [2.75, 3.05) is 6.54 Å². The average molecular weight is 240 g/mol. The number of carbonyl (C=O) groups excluding carboxylic acids is 1. The molecule has 0 bridgehead atoms. The summed E-state index contributed by atoms with van der Waals surface area (Å²) in [7, 11) is 0. The van der Waals surface area contributed by atoms with Crippen LogP contribution >= 0.6 is 12.2 Å². The second kappa shape index (κ2) is 5.12. The fourth-order valence-corrected chi connectivity index (χ4v) is 1.18. The van der Waals surface area contributed by atoms with Crippen molar-refractivity contribution in [1.82, 2.24) is 5.32 Å². The minimum Gasteiger partial charge on any atom is -0.469 e. The molecule has 0 unspecified atom stereocenters. The standard InChI is InChI=1S/C11H16N2O2S/c1-11(2,9(12)16)10(14)13-6-5-8-4-3-7-15-8/h3-4,7H,5-6H2,1-2H3,(H2,12,16)(H,13,14). The summed E-state index contributed by atoms with van der Waals surface area (Å²) in [6.07, 6.45) is 2.27. The van der Waals surface area contributed by atoms with E-state index in [1.807, 2.05) is 12.1 Å². The number of furan rings is 1. The molecule has 88 valence electrons. The number of nitrogens with two attached hydrogens (primary N) is 1. The van der Waals surface area contributed by atoms with Crippen LogP contribution in [0.15, 0.2) is 22.8 Å². The SMILES string of the molecule is CC(C)(C(=O)NCCc1ccco1)C(N)=S. The molecule has 3 N–H and O–H groups in total. The molecule has 1 aromatic rings. The molecular weight excluding hydrogens is 224 g/mol. The van der Waals surface area contributed by atoms with Crippen LogP contribution in [0.5, 0.6) is 0 Å². The van der Waals surface area contributed by atoms with Crippen molar-refractivity contribution in [2.45, 2.75) is 20.3 Å². The summed E-state index contributed by atoms with van der Waals surface area (Å²) in [5.41, 5.74) is 4.68. The monoisotopic (exact) mass is 240 g/mol. The Balaban J connectivity index is 2.39. The van der Waals surface area contributed by atoms with Gasteiger partial charge in [-0.25, -0.2) is 0 Å². The van der Waals surface area contributed by atoms with Crippen LogP contribution in [0, 0.1) is 5.41 Å². The van der Waals surface area contributed by atoms with Crippen molar-refractivity contribution >= 4 is 23.1 Å². The maximum Gasteiger partial charge on any atom is 0.232 e. The molecule has 0 aliphatic carbocycles. The van der Waals surface area contributed by atoms with Gasteiger partial charge in [0.2, 0.25) is 5.91 Å². The zero-order chi connectivity index (χ0) is 12.2. The van der Waals surface area contributed by atoms with Gasteiger partial charge in [0, 0.05) is 13.0 Å². The van der Waals surface area contributed by atoms with Crippen molar-refractivity contribution < 1.29 is 9.21 Å². The number of thiocarbonyl (C=S) groups is 1. The zero-order valence-corrected chi connectivity index (χ0v) is 10.3. The van der Waals surface area contributed by atoms with Crippen LogP contribution in [0.3, 0.4) is 0 Å². The molecule has 1 aromatic heterocycles. The Hall–Kier alpha value is -1.36. The highest BCUT2D eigenvalue weighted by molar-refractivity contribution is 7.80. The summed E-state index contributed by atoms with van der Waals surface area (Å²) in [4.78, 5) is 11.9. The summed E-state index contributed by atoms with van der Waals surface area (Å²) >= 11 is 4.84. The molecule has 16 heavy (non-hydrogen) atoms. The Labute approximate surface area is 100 Å². The minimum absolute atomic E-state index is 0.161. The van der Waals surface area contributed by atoms with Crippen LogP contribution in [-0.4, -0.2) is 17.4 Å². The fourth-order valence-electron chi connectivity index (χ4n) is 1.09. The van der Waals surface area contributed by atoms with Crippen molar-refractivity contribution in [3.05, 3.63) is 24.2 Å². The Morgan fingerprint density at radius 1 is 1.62 bits per heavy atom. The number of carbonyl (C=O) groups is 1. The summed E-state index contributed by atoms with van der Waals surface area (Å²) < 4.78 is 5.15. The zero-order valence-electron chi connectivity index (χ0n) is 9.45. The molecule has 0 aromatic carbocycles. The van der Waals surface area contributed by atoms with E-state index >= 15 is 0 Å². The van der Waals surface area contributed by atoms with Crippen LogP contribution in [0.4, 0.5) is 0 Å². The third kappa shape index (κ3) is 3.06. The largest absolute Gasteiger partial charge is 0.469 e. The van der Waals surface area contributed by atoms with E-state index in [2.05, 4.69) is 5.32 Å². The van der Waals surface area contributed by atoms with Gasteiger partial charge in [-0.1, -0.05) is 12.2 Å². The van der Waals surface area contributed by atoms with Crippen LogP contribution in [-0.2, 0) is 11.2 Å². The molecule has 0 aliphatic rings. The highest BCUT2D eigenvalue weighted by Crippen LogP contribution is 2.15. The molecule has 1 rings (SSSR count). The lowest BCUT2D eigenvalue weighted by Crippen LogP contribution is -2.45. The van der Waals surface area contributed by atoms with E-state index in [0.29, 0.717) is 13.0 Å². The van der Waals surface area contributed by atoms with Gasteiger partial charge in [0.05, 0.1) is 16.7 Å². The maximum absolute atomic E-state index is 11.7. The van der Waals surface area contributed by atoms with Crippen molar-refractivity contribution in [3.63, 3.8) is 0 Å². The maximum atomic E-state index is 11.7. The molecule has 0 fully saturated rings. The van der Waals surface area contributed by atoms with E-state index in [1.165, 1.54) is 0 Å². The van der Waals surface area contributed by atoms with Gasteiger partial charge in [0.25, 0.3) is 0 Å². The van der Waals surface area contributed by atoms with Gasteiger partial charge in [-0.2, -0.15) is 0 Å². The van der Waals surface area contributed by atoms with Crippen LogP contribution in [0.2, 0.25) is 0 Å². The summed E-state index contributed by atoms with van der Waals surface area (Å²) in [6.45, 7) is 3.92. The molecule has 0 spiro atoms. The summed E-state index contributed by atoms with van der Waals surface area (Å²) in [5, 5.41) is 2.78. The fraction of sp³-hybridized carbons (Fsp3) is 0.455. The second-order valence-corrected chi connectivity index (χ2v) is 4.51. The van der Waals surface area contributed by atoms with Crippen LogP contribution in [0.25, 0.3) is 0 Å². The van der Waals surface area contributed by atoms with Gasteiger partial charge in [0.1, 0.15) is 5.76 Å². The molecular formula is C11H16N2O2S. The molecule has 0 radical (unpaired) electrons. The van der Waals surface area contributed by atoms with E-state index in [-0.39, 0.29) is 10.9 Å². The summed E-state index contributed by atoms with van der Waals surface area (Å²) in [6, 6.07) is 3.68. The van der Waals surface area contributed by atoms with E-state index in [9.17, 15) is 4.79 Å². The summed E-state index contributed by atoms with van der Waals surface area (Å²) in [5.74, 6) is 0.681. The Kier molecular flexibility index (Phi) is 4.06. The Morgan fingerprint density at radius 3 is 2.81 bits per heavy atom. The van der Waals surface area contributed by atoms with Gasteiger partial charge < -0.3 is 15.5 Å². The molecule has 1 heterocycles. The van der Waals surface area contributed by atoms with Gasteiger partial charge >= 0.3 is 0 Å². The molecule has 5 heteroatoms. The quantitative estimate of drug-likeness (QED) is 0.760. The van der Waals surface area contributed by atoms with Crippen LogP contribution < -0.4 is 11.1 Å². The lowest BCUT2D eigenvalue weighted by molar-refractivity contribution is -0.126. The number of hydrogen-bond acceptors (Lipinski definition) is 3. The molecule has 0 aliphatic heterocycles. The van der Waals surface area contributed by atoms with E-state index < -0.39 is 5.41 Å². The average Bonchev–Trinajstić information content (AvgIpc) is 2.70. The first-order chi connectivity index (χ1) is 7.44. The van der Waals surface area contributed by atoms with Gasteiger partial charge in [-0.15, -0.1) is 0 Å². The second-order valence-electron chi connectivity index (χ2n) is 4.07. The predicted molar refractivity (Wildman–Crippen MR) is 66.0 cm³/mol. The topological polar surface area (TPSA) is 68.3 Å². The Morgan fingerprint density at radius 2 is 2.31 bits per heavy atom. The highest BCUT2D eigenvalue weighted by atomic mass is 32.1. The number of amides is 1. The number of hydrogen-bond donors (Lipinski definition) is 2. The van der Waals surface area contributed by atoms with Gasteiger partial charge in [-0.3, -0.25) is 4.79 Å². The van der Waals surface area contributed by atoms with Gasteiger partial charge in [0.15, 0.2) is 0 Å². The predicted octanol–water partition coefficient (Wildman–Crippen LogP) is 1.25. The van der Waals surface area contributed by atoms with E-state index in [0.717, 1.165) is 5.76 Å². The van der Waals surface area contributed by atoms with Crippen molar-refractivity contribution in [2.24, 2.45) is 11.1 Å². The van der Waals surface area contributed by atoms with Crippen molar-refractivity contribution in [1.29, 1.82) is 0 Å². The smallest absolute Gasteiger partial charge is 0.232 e. The third-order valence-electron chi connectivity index (χ3n) is 2.42. The van der Waals surface area contributed by atoms with E-state index in [4.69, 9.17) is 22.4 Å². The number of rotatable bonds is 5. The normalized spacial score (nSPS) is 11.1. The van der Waals surface area contributed by atoms with Crippen LogP contribution in [0.1, 0.15) is 19.6 Å². The molecule has 1 amide bonds. The minimum atomic E-state index is -0.807. The van der Waals surface area contributed by atoms with Crippen molar-refractivity contribution in [3.8, 4) is 0 Å². The van der Waals surface area contributed by atoms with Gasteiger partial charge in [-0.05, 0) is 26.0 Å².